The van der Waals surface area contributed by atoms with E-state index in [0.717, 1.165) is 17.1 Å². The van der Waals surface area contributed by atoms with Gasteiger partial charge in [-0.2, -0.15) is 0 Å². The quantitative estimate of drug-likeness (QED) is 0.657. The molecule has 1 aromatic rings. The fourth-order valence-electron chi connectivity index (χ4n) is 3.11. The van der Waals surface area contributed by atoms with E-state index in [1.165, 1.54) is 4.88 Å². The maximum Gasteiger partial charge on any atom is 0.0947 e. The third-order valence-electron chi connectivity index (χ3n) is 4.46. The van der Waals surface area contributed by atoms with Crippen LogP contribution < -0.4 is 11.3 Å². The highest BCUT2D eigenvalue weighted by molar-refractivity contribution is 7.11. The van der Waals surface area contributed by atoms with Crippen molar-refractivity contribution >= 4 is 11.3 Å². The van der Waals surface area contributed by atoms with Gasteiger partial charge in [-0.05, 0) is 33.6 Å². The Balaban J connectivity index is 2.12. The summed E-state index contributed by atoms with van der Waals surface area (Å²) >= 11 is 1.77. The van der Waals surface area contributed by atoms with Gasteiger partial charge in [0.15, 0.2) is 0 Å². The Bertz CT molecular complexity index is 415. The zero-order chi connectivity index (χ0) is 14.2. The maximum absolute atomic E-state index is 5.92. The van der Waals surface area contributed by atoms with Crippen LogP contribution in [0.4, 0.5) is 0 Å². The number of nitrogens with zero attached hydrogens (tertiary/aromatic N) is 1. The van der Waals surface area contributed by atoms with Crippen molar-refractivity contribution in [3.8, 4) is 0 Å². The van der Waals surface area contributed by atoms with Crippen LogP contribution >= 0.6 is 11.3 Å². The van der Waals surface area contributed by atoms with E-state index in [9.17, 15) is 0 Å². The fraction of sp³-hybridized carbons (Fsp3) is 0.786. The summed E-state index contributed by atoms with van der Waals surface area (Å²) in [6, 6.07) is 0.222. The van der Waals surface area contributed by atoms with Gasteiger partial charge in [-0.25, -0.2) is 4.98 Å². The van der Waals surface area contributed by atoms with E-state index >= 15 is 0 Å². The number of hydrazine groups is 1. The Morgan fingerprint density at radius 1 is 1.32 bits per heavy atom. The average Bonchev–Trinajstić information content (AvgIpc) is 2.78. The van der Waals surface area contributed by atoms with Crippen LogP contribution in [0.25, 0.3) is 0 Å². The Kier molecular flexibility index (Phi) is 4.61. The third kappa shape index (κ3) is 2.99. The summed E-state index contributed by atoms with van der Waals surface area (Å²) < 4.78 is 5.92. The van der Waals surface area contributed by atoms with Crippen LogP contribution in [-0.4, -0.2) is 23.2 Å². The van der Waals surface area contributed by atoms with Crippen LogP contribution in [0.3, 0.4) is 0 Å². The molecule has 3 N–H and O–H groups in total. The summed E-state index contributed by atoms with van der Waals surface area (Å²) in [5, 5.41) is 1.16. The van der Waals surface area contributed by atoms with Gasteiger partial charge in [0.2, 0.25) is 0 Å². The average molecular weight is 283 g/mol. The van der Waals surface area contributed by atoms with Gasteiger partial charge in [-0.1, -0.05) is 6.92 Å². The molecule has 0 spiro atoms. The van der Waals surface area contributed by atoms with Crippen LogP contribution in [0.15, 0.2) is 0 Å². The van der Waals surface area contributed by atoms with E-state index in [4.69, 9.17) is 10.6 Å². The number of aromatic nitrogens is 1. The second kappa shape index (κ2) is 5.87. The molecule has 0 aliphatic carbocycles. The standard InChI is InChI=1S/C14H25N3OS/c1-7-9(3)18-10(4)14(7)12(17-15)6-13-16-8(2)11(5)19-13/h7,9-10,12,14,17H,6,15H2,1-5H3. The van der Waals surface area contributed by atoms with E-state index in [0.29, 0.717) is 17.9 Å². The lowest BCUT2D eigenvalue weighted by Gasteiger charge is -2.27. The van der Waals surface area contributed by atoms with Crippen LogP contribution in [0.1, 0.15) is 36.3 Å². The number of nitrogens with two attached hydrogens (primary N) is 1. The lowest BCUT2D eigenvalue weighted by Crippen LogP contribution is -2.46. The Morgan fingerprint density at radius 3 is 2.42 bits per heavy atom. The monoisotopic (exact) mass is 283 g/mol. The molecule has 5 unspecified atom stereocenters. The number of aryl methyl sites for hydroxylation is 2. The predicted octanol–water partition coefficient (Wildman–Crippen LogP) is 2.19. The largest absolute Gasteiger partial charge is 0.375 e. The van der Waals surface area contributed by atoms with E-state index in [1.807, 2.05) is 0 Å². The van der Waals surface area contributed by atoms with Crippen molar-refractivity contribution in [3.63, 3.8) is 0 Å². The second-order valence-corrected chi connectivity index (χ2v) is 7.00. The first-order valence-corrected chi connectivity index (χ1v) is 7.80. The van der Waals surface area contributed by atoms with Gasteiger partial charge in [0.05, 0.1) is 22.9 Å². The zero-order valence-electron chi connectivity index (χ0n) is 12.4. The normalized spacial score (nSPS) is 32.7. The van der Waals surface area contributed by atoms with Crippen molar-refractivity contribution in [1.82, 2.24) is 10.4 Å². The Labute approximate surface area is 119 Å². The molecule has 0 saturated carbocycles. The lowest BCUT2D eigenvalue weighted by atomic mass is 9.82. The summed E-state index contributed by atoms with van der Waals surface area (Å²) in [5.41, 5.74) is 4.12. The topological polar surface area (TPSA) is 60.2 Å². The SMILES string of the molecule is Cc1nc(CC(NN)C2C(C)OC(C)C2C)sc1C. The molecule has 19 heavy (non-hydrogen) atoms. The van der Waals surface area contributed by atoms with E-state index in [-0.39, 0.29) is 12.1 Å². The number of thiazole rings is 1. The molecule has 2 rings (SSSR count). The molecule has 1 aliphatic rings. The molecule has 5 atom stereocenters. The molecule has 0 bridgehead atoms. The fourth-order valence-corrected chi connectivity index (χ4v) is 4.10. The molecule has 1 aromatic heterocycles. The second-order valence-electron chi connectivity index (χ2n) is 5.71. The molecule has 4 nitrogen and oxygen atoms in total. The van der Waals surface area contributed by atoms with Crippen LogP contribution in [0.5, 0.6) is 0 Å². The van der Waals surface area contributed by atoms with Crippen molar-refractivity contribution in [2.24, 2.45) is 17.7 Å². The molecule has 1 fully saturated rings. The van der Waals surface area contributed by atoms with Crippen LogP contribution in [0, 0.1) is 25.7 Å². The van der Waals surface area contributed by atoms with Crippen molar-refractivity contribution < 1.29 is 4.74 Å². The van der Waals surface area contributed by atoms with E-state index < -0.39 is 0 Å². The minimum absolute atomic E-state index is 0.222. The highest BCUT2D eigenvalue weighted by atomic mass is 32.1. The highest BCUT2D eigenvalue weighted by Gasteiger charge is 2.41. The van der Waals surface area contributed by atoms with Crippen molar-refractivity contribution in [2.75, 3.05) is 0 Å². The number of nitrogens with one attached hydrogen (secondary N) is 1. The first-order chi connectivity index (χ1) is 8.93. The molecule has 2 heterocycles. The van der Waals surface area contributed by atoms with Gasteiger partial charge in [0.25, 0.3) is 0 Å². The van der Waals surface area contributed by atoms with Gasteiger partial charge >= 0.3 is 0 Å². The number of ether oxygens (including phenoxy) is 1. The van der Waals surface area contributed by atoms with Crippen molar-refractivity contribution in [3.05, 3.63) is 15.6 Å². The summed E-state index contributed by atoms with van der Waals surface area (Å²) in [6.45, 7) is 10.7. The molecule has 1 saturated heterocycles. The van der Waals surface area contributed by atoms with E-state index in [1.54, 1.807) is 11.3 Å². The zero-order valence-corrected chi connectivity index (χ0v) is 13.3. The summed E-state index contributed by atoms with van der Waals surface area (Å²) in [7, 11) is 0. The van der Waals surface area contributed by atoms with Crippen molar-refractivity contribution in [1.29, 1.82) is 0 Å². The summed E-state index contributed by atoms with van der Waals surface area (Å²) in [6.07, 6.45) is 1.43. The molecule has 1 aliphatic heterocycles. The molecule has 0 radical (unpaired) electrons. The number of hydrogen-bond donors (Lipinski definition) is 2. The Morgan fingerprint density at radius 2 is 2.00 bits per heavy atom. The highest BCUT2D eigenvalue weighted by Crippen LogP contribution is 2.35. The molecule has 5 heteroatoms. The number of rotatable bonds is 4. The molecule has 108 valence electrons. The molecule has 0 amide bonds. The van der Waals surface area contributed by atoms with E-state index in [2.05, 4.69) is 45.0 Å². The minimum Gasteiger partial charge on any atom is -0.375 e. The summed E-state index contributed by atoms with van der Waals surface area (Å²) in [4.78, 5) is 5.91. The van der Waals surface area contributed by atoms with Crippen molar-refractivity contribution in [2.45, 2.75) is 59.3 Å². The lowest BCUT2D eigenvalue weighted by molar-refractivity contribution is 0.0476. The van der Waals surface area contributed by atoms with Gasteiger partial charge < -0.3 is 4.74 Å². The number of hydrogen-bond acceptors (Lipinski definition) is 5. The molecule has 0 aromatic carbocycles. The predicted molar refractivity (Wildman–Crippen MR) is 79.1 cm³/mol. The third-order valence-corrected chi connectivity index (χ3v) is 5.56. The smallest absolute Gasteiger partial charge is 0.0947 e. The van der Waals surface area contributed by atoms with Crippen LogP contribution in [-0.2, 0) is 11.2 Å². The van der Waals surface area contributed by atoms with Gasteiger partial charge in [-0.15, -0.1) is 11.3 Å². The summed E-state index contributed by atoms with van der Waals surface area (Å²) in [5.74, 6) is 6.73. The van der Waals surface area contributed by atoms with Gasteiger partial charge in [-0.3, -0.25) is 11.3 Å². The molecular formula is C14H25N3OS. The Hall–Kier alpha value is -0.490. The maximum atomic E-state index is 5.92. The first-order valence-electron chi connectivity index (χ1n) is 6.98. The van der Waals surface area contributed by atoms with Gasteiger partial charge in [0, 0.05) is 23.3 Å². The first kappa shape index (κ1) is 14.9. The van der Waals surface area contributed by atoms with Gasteiger partial charge in [0.1, 0.15) is 0 Å². The molecular weight excluding hydrogens is 258 g/mol. The van der Waals surface area contributed by atoms with Crippen LogP contribution in [0.2, 0.25) is 0 Å². The minimum atomic E-state index is 0.222.